The Hall–Kier alpha value is -0.450. The first-order chi connectivity index (χ1) is 9.02. The smallest absolute Gasteiger partial charge is 0.137 e. The summed E-state index contributed by atoms with van der Waals surface area (Å²) in [5.41, 5.74) is 1.35. The molecule has 0 bridgehead atoms. The molecule has 1 saturated heterocycles. The van der Waals surface area contributed by atoms with Gasteiger partial charge in [-0.1, -0.05) is 13.0 Å². The number of hydrogen-bond donors (Lipinski definition) is 1. The lowest BCUT2D eigenvalue weighted by molar-refractivity contribution is 0.208. The van der Waals surface area contributed by atoms with Gasteiger partial charge in [-0.05, 0) is 66.5 Å². The highest BCUT2D eigenvalue weighted by Gasteiger charge is 2.26. The Morgan fingerprint density at radius 1 is 1.47 bits per heavy atom. The molecule has 2 nitrogen and oxygen atoms in total. The highest BCUT2D eigenvalue weighted by atomic mass is 79.9. The van der Waals surface area contributed by atoms with Crippen LogP contribution in [0.3, 0.4) is 0 Å². The topological polar surface area (TPSA) is 15.3 Å². The van der Waals surface area contributed by atoms with Crippen LogP contribution in [0.2, 0.25) is 0 Å². The van der Waals surface area contributed by atoms with Crippen LogP contribution in [0, 0.1) is 5.82 Å². The highest BCUT2D eigenvalue weighted by Crippen LogP contribution is 2.20. The monoisotopic (exact) mass is 328 g/mol. The number of halogens is 2. The molecule has 1 unspecified atom stereocenters. The van der Waals surface area contributed by atoms with Crippen LogP contribution in [0.25, 0.3) is 0 Å². The van der Waals surface area contributed by atoms with Crippen molar-refractivity contribution in [3.63, 3.8) is 0 Å². The van der Waals surface area contributed by atoms with Crippen LogP contribution in [-0.2, 0) is 6.54 Å². The predicted octanol–water partition coefficient (Wildman–Crippen LogP) is 3.55. The van der Waals surface area contributed by atoms with Gasteiger partial charge in [-0.2, -0.15) is 0 Å². The molecule has 1 heterocycles. The maximum absolute atomic E-state index is 13.2. The third-order valence-electron chi connectivity index (χ3n) is 3.95. The second-order valence-electron chi connectivity index (χ2n) is 5.65. The molecular weight excluding hydrogens is 307 g/mol. The molecule has 1 aromatic carbocycles. The molecule has 4 heteroatoms. The maximum atomic E-state index is 13.2. The van der Waals surface area contributed by atoms with E-state index >= 15 is 0 Å². The number of hydrogen-bond acceptors (Lipinski definition) is 2. The number of nitrogens with zero attached hydrogens (tertiary/aromatic N) is 1. The van der Waals surface area contributed by atoms with E-state index in [1.165, 1.54) is 6.07 Å². The second-order valence-corrected chi connectivity index (χ2v) is 6.51. The second kappa shape index (κ2) is 6.33. The van der Waals surface area contributed by atoms with Gasteiger partial charge in [0.05, 0.1) is 4.47 Å². The summed E-state index contributed by atoms with van der Waals surface area (Å²) < 4.78 is 13.8. The zero-order valence-electron chi connectivity index (χ0n) is 11.7. The van der Waals surface area contributed by atoms with Crippen molar-refractivity contribution in [3.05, 3.63) is 34.1 Å². The van der Waals surface area contributed by atoms with Gasteiger partial charge in [0, 0.05) is 18.6 Å². The highest BCUT2D eigenvalue weighted by molar-refractivity contribution is 9.10. The minimum atomic E-state index is -0.195. The standard InChI is InChI=1S/C15H22BrFN2/c1-3-15(2)11-19(8-4-7-18-15)10-12-5-6-14(17)13(16)9-12/h5-6,9,18H,3-4,7-8,10-11H2,1-2H3. The van der Waals surface area contributed by atoms with E-state index in [0.29, 0.717) is 4.47 Å². The van der Waals surface area contributed by atoms with Gasteiger partial charge in [0.25, 0.3) is 0 Å². The lowest BCUT2D eigenvalue weighted by Crippen LogP contribution is -2.48. The lowest BCUT2D eigenvalue weighted by Gasteiger charge is -2.32. The van der Waals surface area contributed by atoms with E-state index in [1.807, 2.05) is 12.1 Å². The van der Waals surface area contributed by atoms with Crippen molar-refractivity contribution in [1.82, 2.24) is 10.2 Å². The fourth-order valence-electron chi connectivity index (χ4n) is 2.59. The molecule has 0 radical (unpaired) electrons. The zero-order valence-corrected chi connectivity index (χ0v) is 13.3. The van der Waals surface area contributed by atoms with Crippen molar-refractivity contribution in [1.29, 1.82) is 0 Å². The average molecular weight is 329 g/mol. The third kappa shape index (κ3) is 4.01. The molecule has 0 aliphatic carbocycles. The molecule has 1 fully saturated rings. The third-order valence-corrected chi connectivity index (χ3v) is 4.55. The van der Waals surface area contributed by atoms with Crippen LogP contribution in [0.1, 0.15) is 32.3 Å². The van der Waals surface area contributed by atoms with Crippen molar-refractivity contribution in [2.24, 2.45) is 0 Å². The Balaban J connectivity index is 2.06. The molecule has 0 aromatic heterocycles. The molecule has 106 valence electrons. The van der Waals surface area contributed by atoms with E-state index in [0.717, 1.165) is 44.6 Å². The van der Waals surface area contributed by atoms with Gasteiger partial charge in [0.1, 0.15) is 5.82 Å². The Morgan fingerprint density at radius 2 is 2.26 bits per heavy atom. The molecule has 19 heavy (non-hydrogen) atoms. The molecule has 0 saturated carbocycles. The fourth-order valence-corrected chi connectivity index (χ4v) is 3.02. The van der Waals surface area contributed by atoms with Crippen LogP contribution in [0.15, 0.2) is 22.7 Å². The van der Waals surface area contributed by atoms with Gasteiger partial charge >= 0.3 is 0 Å². The summed E-state index contributed by atoms with van der Waals surface area (Å²) in [5.74, 6) is -0.195. The first-order valence-electron chi connectivity index (χ1n) is 6.94. The van der Waals surface area contributed by atoms with Crippen LogP contribution in [0.5, 0.6) is 0 Å². The number of rotatable bonds is 3. The van der Waals surface area contributed by atoms with Crippen LogP contribution in [0.4, 0.5) is 4.39 Å². The minimum Gasteiger partial charge on any atom is -0.310 e. The Labute approximate surface area is 123 Å². The van der Waals surface area contributed by atoms with E-state index in [4.69, 9.17) is 0 Å². The van der Waals surface area contributed by atoms with Crippen molar-refractivity contribution >= 4 is 15.9 Å². The van der Waals surface area contributed by atoms with Crippen molar-refractivity contribution in [3.8, 4) is 0 Å². The van der Waals surface area contributed by atoms with Crippen molar-refractivity contribution < 1.29 is 4.39 Å². The van der Waals surface area contributed by atoms with Crippen LogP contribution in [-0.4, -0.2) is 30.1 Å². The van der Waals surface area contributed by atoms with Crippen LogP contribution >= 0.6 is 15.9 Å². The Morgan fingerprint density at radius 3 is 2.95 bits per heavy atom. The van der Waals surface area contributed by atoms with E-state index < -0.39 is 0 Å². The van der Waals surface area contributed by atoms with Gasteiger partial charge in [-0.15, -0.1) is 0 Å². The van der Waals surface area contributed by atoms with Gasteiger partial charge in [-0.3, -0.25) is 4.90 Å². The Bertz CT molecular complexity index is 438. The molecule has 0 amide bonds. The molecule has 1 aliphatic rings. The predicted molar refractivity (Wildman–Crippen MR) is 80.7 cm³/mol. The molecule has 1 aromatic rings. The Kier molecular flexibility index (Phi) is 4.98. The average Bonchev–Trinajstić information content (AvgIpc) is 2.57. The molecule has 1 atom stereocenters. The quantitative estimate of drug-likeness (QED) is 0.912. The van der Waals surface area contributed by atoms with Crippen molar-refractivity contribution in [2.45, 2.75) is 38.8 Å². The van der Waals surface area contributed by atoms with Gasteiger partial charge in [0.15, 0.2) is 0 Å². The molecule has 0 spiro atoms. The first-order valence-corrected chi connectivity index (χ1v) is 7.73. The molecule has 1 aliphatic heterocycles. The minimum absolute atomic E-state index is 0.188. The molecule has 1 N–H and O–H groups in total. The molecular formula is C15H22BrFN2. The van der Waals surface area contributed by atoms with E-state index in [9.17, 15) is 4.39 Å². The van der Waals surface area contributed by atoms with Gasteiger partial charge in [-0.25, -0.2) is 4.39 Å². The maximum Gasteiger partial charge on any atom is 0.137 e. The normalized spacial score (nSPS) is 25.3. The number of nitrogens with one attached hydrogen (secondary N) is 1. The summed E-state index contributed by atoms with van der Waals surface area (Å²) in [4.78, 5) is 2.46. The number of benzene rings is 1. The van der Waals surface area contributed by atoms with Crippen molar-refractivity contribution in [2.75, 3.05) is 19.6 Å². The summed E-state index contributed by atoms with van der Waals surface area (Å²) in [6.45, 7) is 8.61. The van der Waals surface area contributed by atoms with Gasteiger partial charge in [0.2, 0.25) is 0 Å². The summed E-state index contributed by atoms with van der Waals surface area (Å²) >= 11 is 3.26. The molecule has 2 rings (SSSR count). The largest absolute Gasteiger partial charge is 0.310 e. The van der Waals surface area contributed by atoms with Gasteiger partial charge < -0.3 is 5.32 Å². The zero-order chi connectivity index (χ0) is 13.9. The van der Waals surface area contributed by atoms with Crippen LogP contribution < -0.4 is 5.32 Å². The van der Waals surface area contributed by atoms with E-state index in [1.54, 1.807) is 0 Å². The first kappa shape index (κ1) is 14.9. The van der Waals surface area contributed by atoms with E-state index in [-0.39, 0.29) is 11.4 Å². The lowest BCUT2D eigenvalue weighted by atomic mass is 9.98. The summed E-state index contributed by atoms with van der Waals surface area (Å²) in [5, 5.41) is 3.63. The summed E-state index contributed by atoms with van der Waals surface area (Å²) in [6, 6.07) is 5.30. The SMILES string of the molecule is CCC1(C)CN(Cc2ccc(F)c(Br)c2)CCCN1. The summed E-state index contributed by atoms with van der Waals surface area (Å²) in [7, 11) is 0. The fraction of sp³-hybridized carbons (Fsp3) is 0.600. The van der Waals surface area contributed by atoms with E-state index in [2.05, 4.69) is 40.0 Å². The summed E-state index contributed by atoms with van der Waals surface area (Å²) in [6.07, 6.45) is 2.29.